The molecule has 0 saturated carbocycles. The Bertz CT molecular complexity index is 1250. The van der Waals surface area contributed by atoms with Gasteiger partial charge in [-0.15, -0.1) is 0 Å². The van der Waals surface area contributed by atoms with E-state index in [4.69, 9.17) is 9.47 Å². The first-order valence-electron chi connectivity index (χ1n) is 9.10. The van der Waals surface area contributed by atoms with Crippen LogP contribution in [0, 0.1) is 11.6 Å². The van der Waals surface area contributed by atoms with Crippen molar-refractivity contribution >= 4 is 22.6 Å². The summed E-state index contributed by atoms with van der Waals surface area (Å²) in [6, 6.07) is 7.33. The first-order chi connectivity index (χ1) is 15.0. The minimum Gasteiger partial charge on any atom is -0.494 e. The number of nitrogens with one attached hydrogen (secondary N) is 1. The van der Waals surface area contributed by atoms with Crippen LogP contribution in [0.5, 0.6) is 11.5 Å². The van der Waals surface area contributed by atoms with Crippen LogP contribution in [0.3, 0.4) is 0 Å². The van der Waals surface area contributed by atoms with E-state index in [1.165, 1.54) is 44.9 Å². The molecule has 0 bridgehead atoms. The highest BCUT2D eigenvalue weighted by Crippen LogP contribution is 2.40. The summed E-state index contributed by atoms with van der Waals surface area (Å²) in [4.78, 5) is 25.2. The molecule has 4 aromatic rings. The molecule has 1 amide bonds. The van der Waals surface area contributed by atoms with Crippen LogP contribution >= 0.6 is 0 Å². The number of methoxy groups -OCH3 is 2. The largest absolute Gasteiger partial charge is 0.494 e. The van der Waals surface area contributed by atoms with Crippen molar-refractivity contribution in [1.29, 1.82) is 0 Å². The maximum absolute atomic E-state index is 15.1. The molecule has 0 saturated heterocycles. The minimum absolute atomic E-state index is 0.105. The van der Waals surface area contributed by atoms with E-state index in [2.05, 4.69) is 20.3 Å². The lowest BCUT2D eigenvalue weighted by Crippen LogP contribution is -2.13. The van der Waals surface area contributed by atoms with Gasteiger partial charge < -0.3 is 14.8 Å². The van der Waals surface area contributed by atoms with E-state index in [0.29, 0.717) is 5.69 Å². The van der Waals surface area contributed by atoms with Crippen molar-refractivity contribution in [3.8, 4) is 22.6 Å². The second-order valence-electron chi connectivity index (χ2n) is 6.39. The van der Waals surface area contributed by atoms with Gasteiger partial charge in [0.05, 0.1) is 42.7 Å². The molecule has 0 fully saturated rings. The number of ether oxygens (including phenoxy) is 2. The SMILES string of the molecule is COc1cc(OC)c(F)c(-c2ccc(C(=O)Nc3cccnc3)c3nccnc23)c1F. The highest BCUT2D eigenvalue weighted by molar-refractivity contribution is 6.13. The number of amides is 1. The van der Waals surface area contributed by atoms with Crippen LogP contribution in [-0.2, 0) is 0 Å². The normalized spacial score (nSPS) is 10.7. The Morgan fingerprint density at radius 3 is 2.23 bits per heavy atom. The number of hydrogen-bond acceptors (Lipinski definition) is 6. The molecule has 0 spiro atoms. The molecule has 2 aromatic carbocycles. The predicted molar refractivity (Wildman–Crippen MR) is 110 cm³/mol. The summed E-state index contributed by atoms with van der Waals surface area (Å²) in [5.74, 6) is -2.68. The molecule has 0 radical (unpaired) electrons. The smallest absolute Gasteiger partial charge is 0.257 e. The van der Waals surface area contributed by atoms with E-state index in [-0.39, 0.29) is 39.2 Å². The Labute approximate surface area is 175 Å². The summed E-state index contributed by atoms with van der Waals surface area (Å²) < 4.78 is 40.1. The first kappa shape index (κ1) is 20.1. The standard InChI is InChI=1S/C22H16F2N4O3/c1-30-15-10-16(31-2)19(24)17(18(15)23)13-5-6-14(21-20(13)26-8-9-27-21)22(29)28-12-4-3-7-25-11-12/h3-11H,1-2H3,(H,28,29). The fourth-order valence-electron chi connectivity index (χ4n) is 3.20. The number of nitrogens with zero attached hydrogens (tertiary/aromatic N) is 3. The third-order valence-corrected chi connectivity index (χ3v) is 4.63. The van der Waals surface area contributed by atoms with Crippen LogP contribution in [0.2, 0.25) is 0 Å². The lowest BCUT2D eigenvalue weighted by atomic mass is 9.98. The average Bonchev–Trinajstić information content (AvgIpc) is 2.80. The molecule has 2 aromatic heterocycles. The maximum atomic E-state index is 15.1. The number of aromatic nitrogens is 3. The van der Waals surface area contributed by atoms with Gasteiger partial charge in [0.15, 0.2) is 23.1 Å². The van der Waals surface area contributed by atoms with Crippen molar-refractivity contribution in [2.45, 2.75) is 0 Å². The zero-order chi connectivity index (χ0) is 22.0. The van der Waals surface area contributed by atoms with Gasteiger partial charge in [-0.3, -0.25) is 19.7 Å². The maximum Gasteiger partial charge on any atom is 0.257 e. The van der Waals surface area contributed by atoms with Crippen LogP contribution in [0.1, 0.15) is 10.4 Å². The molecule has 1 N–H and O–H groups in total. The zero-order valence-corrected chi connectivity index (χ0v) is 16.5. The fraction of sp³-hybridized carbons (Fsp3) is 0.0909. The van der Waals surface area contributed by atoms with E-state index in [1.54, 1.807) is 18.3 Å². The van der Waals surface area contributed by atoms with Gasteiger partial charge in [0.2, 0.25) is 0 Å². The second-order valence-corrected chi connectivity index (χ2v) is 6.39. The second kappa shape index (κ2) is 8.31. The molecule has 2 heterocycles. The summed E-state index contributed by atoms with van der Waals surface area (Å²) >= 11 is 0. The summed E-state index contributed by atoms with van der Waals surface area (Å²) in [5.41, 5.74) is 0.722. The van der Waals surface area contributed by atoms with Crippen LogP contribution < -0.4 is 14.8 Å². The third-order valence-electron chi connectivity index (χ3n) is 4.63. The molecule has 0 unspecified atom stereocenters. The van der Waals surface area contributed by atoms with Crippen LogP contribution in [-0.4, -0.2) is 35.1 Å². The Balaban J connectivity index is 1.90. The van der Waals surface area contributed by atoms with Crippen molar-refractivity contribution in [2.75, 3.05) is 19.5 Å². The number of carbonyl (C=O) groups is 1. The number of benzene rings is 2. The number of pyridine rings is 1. The molecule has 4 rings (SSSR count). The van der Waals surface area contributed by atoms with E-state index in [9.17, 15) is 4.79 Å². The van der Waals surface area contributed by atoms with Crippen LogP contribution in [0.15, 0.2) is 55.1 Å². The molecule has 9 heteroatoms. The fourth-order valence-corrected chi connectivity index (χ4v) is 3.20. The van der Waals surface area contributed by atoms with E-state index >= 15 is 8.78 Å². The van der Waals surface area contributed by atoms with Crippen molar-refractivity contribution in [1.82, 2.24) is 15.0 Å². The lowest BCUT2D eigenvalue weighted by molar-refractivity contribution is 0.102. The third kappa shape index (κ3) is 3.61. The minimum atomic E-state index is -0.916. The Hall–Kier alpha value is -4.14. The Kier molecular flexibility index (Phi) is 5.40. The van der Waals surface area contributed by atoms with Crippen molar-refractivity contribution in [3.05, 3.63) is 72.3 Å². The molecule has 0 aliphatic carbocycles. The summed E-state index contributed by atoms with van der Waals surface area (Å²) in [7, 11) is 2.53. The number of rotatable bonds is 5. The number of carbonyl (C=O) groups excluding carboxylic acids is 1. The quantitative estimate of drug-likeness (QED) is 0.518. The number of hydrogen-bond donors (Lipinski definition) is 1. The highest BCUT2D eigenvalue weighted by atomic mass is 19.1. The monoisotopic (exact) mass is 422 g/mol. The van der Waals surface area contributed by atoms with E-state index < -0.39 is 17.5 Å². The van der Waals surface area contributed by atoms with Gasteiger partial charge in [-0.05, 0) is 18.2 Å². The highest BCUT2D eigenvalue weighted by Gasteiger charge is 2.25. The van der Waals surface area contributed by atoms with Gasteiger partial charge in [-0.2, -0.15) is 0 Å². The Morgan fingerprint density at radius 2 is 1.61 bits per heavy atom. The van der Waals surface area contributed by atoms with Crippen LogP contribution in [0.25, 0.3) is 22.2 Å². The molecular weight excluding hydrogens is 406 g/mol. The Morgan fingerprint density at radius 1 is 0.935 bits per heavy atom. The average molecular weight is 422 g/mol. The summed E-state index contributed by atoms with van der Waals surface area (Å²) in [6.45, 7) is 0. The van der Waals surface area contributed by atoms with Gasteiger partial charge in [-0.25, -0.2) is 8.78 Å². The van der Waals surface area contributed by atoms with Gasteiger partial charge in [0.25, 0.3) is 5.91 Å². The van der Waals surface area contributed by atoms with Crippen LogP contribution in [0.4, 0.5) is 14.5 Å². The predicted octanol–water partition coefficient (Wildman–Crippen LogP) is 4.24. The van der Waals surface area contributed by atoms with Crippen molar-refractivity contribution in [2.24, 2.45) is 0 Å². The molecule has 0 aliphatic rings. The molecule has 0 atom stereocenters. The van der Waals surface area contributed by atoms with Crippen molar-refractivity contribution < 1.29 is 23.0 Å². The van der Waals surface area contributed by atoms with E-state index in [1.807, 2.05) is 0 Å². The molecular formula is C22H16F2N4O3. The topological polar surface area (TPSA) is 86.2 Å². The zero-order valence-electron chi connectivity index (χ0n) is 16.5. The molecule has 0 aliphatic heterocycles. The number of fused-ring (bicyclic) bond motifs is 1. The van der Waals surface area contributed by atoms with E-state index in [0.717, 1.165) is 6.07 Å². The molecule has 156 valence electrons. The van der Waals surface area contributed by atoms with Gasteiger partial charge >= 0.3 is 0 Å². The van der Waals surface area contributed by atoms with Gasteiger partial charge in [0, 0.05) is 30.2 Å². The molecule has 31 heavy (non-hydrogen) atoms. The summed E-state index contributed by atoms with van der Waals surface area (Å²) in [6.07, 6.45) is 5.85. The number of halogens is 2. The lowest BCUT2D eigenvalue weighted by Gasteiger charge is -2.15. The van der Waals surface area contributed by atoms with Gasteiger partial charge in [-0.1, -0.05) is 6.07 Å². The number of anilines is 1. The molecule has 7 nitrogen and oxygen atoms in total. The van der Waals surface area contributed by atoms with Crippen molar-refractivity contribution in [3.63, 3.8) is 0 Å². The van der Waals surface area contributed by atoms with Gasteiger partial charge in [0.1, 0.15) is 5.52 Å². The summed E-state index contributed by atoms with van der Waals surface area (Å²) in [5, 5.41) is 2.71. The first-order valence-corrected chi connectivity index (χ1v) is 9.10.